The molecule has 0 amide bonds. The van der Waals surface area contributed by atoms with Crippen LogP contribution >= 0.6 is 0 Å². The molecule has 0 aliphatic rings. The molecule has 0 radical (unpaired) electrons. The molecule has 0 atom stereocenters. The first-order valence-corrected chi connectivity index (χ1v) is 6.57. The molecule has 1 aromatic heterocycles. The molecule has 0 aliphatic carbocycles. The molecule has 1 heterocycles. The van der Waals surface area contributed by atoms with Gasteiger partial charge in [0.1, 0.15) is 0 Å². The second kappa shape index (κ2) is 6.77. The molecule has 0 unspecified atom stereocenters. The predicted octanol–water partition coefficient (Wildman–Crippen LogP) is 1.93. The average molecular weight is 239 g/mol. The second-order valence-corrected chi connectivity index (χ2v) is 4.61. The van der Waals surface area contributed by atoms with Gasteiger partial charge >= 0.3 is 0 Å². The maximum absolute atomic E-state index is 10.1. The Hall–Kier alpha value is -0.870. The average Bonchev–Trinajstić information content (AvgIpc) is 2.77. The highest BCUT2D eigenvalue weighted by Gasteiger charge is 2.21. The Bertz CT molecular complexity index is 318. The Morgan fingerprint density at radius 2 is 2.06 bits per heavy atom. The zero-order valence-corrected chi connectivity index (χ0v) is 11.2. The minimum atomic E-state index is -0.574. The van der Waals surface area contributed by atoms with E-state index in [2.05, 4.69) is 21.8 Å². The summed E-state index contributed by atoms with van der Waals surface area (Å²) in [6.07, 6.45) is 6.43. The van der Waals surface area contributed by atoms with Gasteiger partial charge < -0.3 is 15.0 Å². The van der Waals surface area contributed by atoms with E-state index < -0.39 is 5.60 Å². The molecule has 4 heteroatoms. The van der Waals surface area contributed by atoms with Crippen molar-refractivity contribution in [2.24, 2.45) is 0 Å². The number of imidazole rings is 1. The fourth-order valence-corrected chi connectivity index (χ4v) is 1.86. The minimum absolute atomic E-state index is 0.574. The van der Waals surface area contributed by atoms with Crippen LogP contribution in [0.25, 0.3) is 0 Å². The van der Waals surface area contributed by atoms with Crippen molar-refractivity contribution in [3.63, 3.8) is 0 Å². The van der Waals surface area contributed by atoms with E-state index in [0.717, 1.165) is 32.4 Å². The summed E-state index contributed by atoms with van der Waals surface area (Å²) in [5.41, 5.74) is 0.608. The molecule has 2 N–H and O–H groups in total. The summed E-state index contributed by atoms with van der Waals surface area (Å²) in [6, 6.07) is 0. The van der Waals surface area contributed by atoms with Crippen molar-refractivity contribution >= 4 is 0 Å². The second-order valence-electron chi connectivity index (χ2n) is 4.61. The molecule has 0 saturated heterocycles. The van der Waals surface area contributed by atoms with E-state index in [1.54, 1.807) is 0 Å². The molecule has 0 saturated carbocycles. The standard InChI is InChI=1S/C13H25N3O/c1-4-7-16-11-15-9-12(16)8-14-10-13(17,5-2)6-3/h9,11,14,17H,4-8,10H2,1-3H3. The lowest BCUT2D eigenvalue weighted by Gasteiger charge is -2.25. The van der Waals surface area contributed by atoms with E-state index in [4.69, 9.17) is 0 Å². The van der Waals surface area contributed by atoms with Gasteiger partial charge in [-0.1, -0.05) is 20.8 Å². The van der Waals surface area contributed by atoms with Crippen LogP contribution in [-0.2, 0) is 13.1 Å². The Morgan fingerprint density at radius 3 is 2.65 bits per heavy atom. The van der Waals surface area contributed by atoms with Gasteiger partial charge in [-0.3, -0.25) is 0 Å². The fourth-order valence-electron chi connectivity index (χ4n) is 1.86. The molecule has 1 rings (SSSR count). The van der Waals surface area contributed by atoms with Crippen molar-refractivity contribution in [2.45, 2.75) is 58.7 Å². The Labute approximate surface area is 104 Å². The van der Waals surface area contributed by atoms with E-state index in [1.165, 1.54) is 5.69 Å². The van der Waals surface area contributed by atoms with E-state index in [9.17, 15) is 5.11 Å². The van der Waals surface area contributed by atoms with Crippen LogP contribution in [0.1, 0.15) is 45.7 Å². The molecule has 0 aromatic carbocycles. The summed E-state index contributed by atoms with van der Waals surface area (Å²) in [4.78, 5) is 4.16. The Morgan fingerprint density at radius 1 is 1.35 bits per heavy atom. The molecular weight excluding hydrogens is 214 g/mol. The first-order chi connectivity index (χ1) is 8.15. The number of aryl methyl sites for hydroxylation is 1. The zero-order chi connectivity index (χ0) is 12.7. The number of nitrogens with zero attached hydrogens (tertiary/aromatic N) is 2. The molecule has 0 aliphatic heterocycles. The molecule has 98 valence electrons. The molecule has 17 heavy (non-hydrogen) atoms. The van der Waals surface area contributed by atoms with Crippen LogP contribution in [0, 0.1) is 0 Å². The van der Waals surface area contributed by atoms with Gasteiger partial charge in [-0.25, -0.2) is 4.98 Å². The zero-order valence-electron chi connectivity index (χ0n) is 11.2. The number of aromatic nitrogens is 2. The SMILES string of the molecule is CCCn1cncc1CNCC(O)(CC)CC. The quantitative estimate of drug-likeness (QED) is 0.729. The van der Waals surface area contributed by atoms with Gasteiger partial charge in [0.15, 0.2) is 0 Å². The highest BCUT2D eigenvalue weighted by atomic mass is 16.3. The van der Waals surface area contributed by atoms with Crippen molar-refractivity contribution in [1.29, 1.82) is 0 Å². The number of hydrogen-bond donors (Lipinski definition) is 2. The van der Waals surface area contributed by atoms with Gasteiger partial charge in [-0.05, 0) is 19.3 Å². The Kier molecular flexibility index (Phi) is 5.65. The third kappa shape index (κ3) is 4.13. The molecular formula is C13H25N3O. The summed E-state index contributed by atoms with van der Waals surface area (Å²) < 4.78 is 2.16. The summed E-state index contributed by atoms with van der Waals surface area (Å²) in [6.45, 7) is 8.60. The highest BCUT2D eigenvalue weighted by molar-refractivity contribution is 4.98. The highest BCUT2D eigenvalue weighted by Crippen LogP contribution is 2.13. The molecule has 0 bridgehead atoms. The van der Waals surface area contributed by atoms with Crippen LogP contribution in [0.4, 0.5) is 0 Å². The summed E-state index contributed by atoms with van der Waals surface area (Å²) in [5, 5.41) is 13.5. The van der Waals surface area contributed by atoms with Crippen LogP contribution < -0.4 is 5.32 Å². The van der Waals surface area contributed by atoms with Crippen molar-refractivity contribution in [3.05, 3.63) is 18.2 Å². The van der Waals surface area contributed by atoms with Gasteiger partial charge in [-0.2, -0.15) is 0 Å². The van der Waals surface area contributed by atoms with Gasteiger partial charge in [0.2, 0.25) is 0 Å². The van der Waals surface area contributed by atoms with Gasteiger partial charge in [-0.15, -0.1) is 0 Å². The summed E-state index contributed by atoms with van der Waals surface area (Å²) in [5.74, 6) is 0. The minimum Gasteiger partial charge on any atom is -0.389 e. The van der Waals surface area contributed by atoms with Crippen LogP contribution in [0.5, 0.6) is 0 Å². The van der Waals surface area contributed by atoms with Crippen molar-refractivity contribution in [3.8, 4) is 0 Å². The monoisotopic (exact) mass is 239 g/mol. The van der Waals surface area contributed by atoms with Crippen LogP contribution in [0.3, 0.4) is 0 Å². The van der Waals surface area contributed by atoms with Crippen LogP contribution in [0.15, 0.2) is 12.5 Å². The molecule has 0 fully saturated rings. The number of hydrogen-bond acceptors (Lipinski definition) is 3. The molecule has 4 nitrogen and oxygen atoms in total. The lowest BCUT2D eigenvalue weighted by Crippen LogP contribution is -2.39. The summed E-state index contributed by atoms with van der Waals surface area (Å²) >= 11 is 0. The summed E-state index contributed by atoms with van der Waals surface area (Å²) in [7, 11) is 0. The van der Waals surface area contributed by atoms with Gasteiger partial charge in [0.25, 0.3) is 0 Å². The first kappa shape index (κ1) is 14.2. The Balaban J connectivity index is 2.42. The lowest BCUT2D eigenvalue weighted by atomic mass is 9.98. The predicted molar refractivity (Wildman–Crippen MR) is 69.8 cm³/mol. The first-order valence-electron chi connectivity index (χ1n) is 6.57. The normalized spacial score (nSPS) is 12.0. The van der Waals surface area contributed by atoms with E-state index in [0.29, 0.717) is 6.54 Å². The van der Waals surface area contributed by atoms with Crippen molar-refractivity contribution < 1.29 is 5.11 Å². The maximum atomic E-state index is 10.1. The largest absolute Gasteiger partial charge is 0.389 e. The lowest BCUT2D eigenvalue weighted by molar-refractivity contribution is 0.0321. The third-order valence-corrected chi connectivity index (χ3v) is 3.34. The third-order valence-electron chi connectivity index (χ3n) is 3.34. The van der Waals surface area contributed by atoms with Crippen LogP contribution in [-0.4, -0.2) is 26.8 Å². The van der Waals surface area contributed by atoms with E-state index in [-0.39, 0.29) is 0 Å². The molecule has 1 aromatic rings. The van der Waals surface area contributed by atoms with E-state index >= 15 is 0 Å². The van der Waals surface area contributed by atoms with Crippen LogP contribution in [0.2, 0.25) is 0 Å². The van der Waals surface area contributed by atoms with Crippen molar-refractivity contribution in [1.82, 2.24) is 14.9 Å². The van der Waals surface area contributed by atoms with E-state index in [1.807, 2.05) is 26.4 Å². The molecule has 0 spiro atoms. The number of rotatable bonds is 8. The number of nitrogens with one attached hydrogen (secondary N) is 1. The topological polar surface area (TPSA) is 50.1 Å². The van der Waals surface area contributed by atoms with Gasteiger partial charge in [0.05, 0.1) is 17.6 Å². The fraction of sp³-hybridized carbons (Fsp3) is 0.769. The number of aliphatic hydroxyl groups is 1. The van der Waals surface area contributed by atoms with Crippen molar-refractivity contribution in [2.75, 3.05) is 6.54 Å². The van der Waals surface area contributed by atoms with Gasteiger partial charge in [0, 0.05) is 25.8 Å². The maximum Gasteiger partial charge on any atom is 0.0948 e. The smallest absolute Gasteiger partial charge is 0.0948 e.